The molecule has 0 unspecified atom stereocenters. The number of hydrogen-bond acceptors (Lipinski definition) is 10. The normalized spacial score (nSPS) is 11.3. The Balaban J connectivity index is 1.94. The van der Waals surface area contributed by atoms with Gasteiger partial charge in [0.15, 0.2) is 5.78 Å². The largest absolute Gasteiger partial charge is 0.379 e. The first-order valence-electron chi connectivity index (χ1n) is 14.6. The third kappa shape index (κ3) is 21.9. The van der Waals surface area contributed by atoms with Gasteiger partial charge in [0.1, 0.15) is 5.78 Å². The molecule has 1 atom stereocenters. The topological polar surface area (TPSA) is 187 Å². The van der Waals surface area contributed by atoms with Gasteiger partial charge in [0.25, 0.3) is 0 Å². The zero-order valence-electron chi connectivity index (χ0n) is 25.7. The molecule has 0 bridgehead atoms. The second-order valence-electron chi connectivity index (χ2n) is 9.73. The lowest BCUT2D eigenvalue weighted by Gasteiger charge is -2.16. The molecule has 0 aliphatic rings. The van der Waals surface area contributed by atoms with Crippen molar-refractivity contribution in [3.05, 3.63) is 35.9 Å². The van der Waals surface area contributed by atoms with E-state index < -0.39 is 17.9 Å². The van der Waals surface area contributed by atoms with Gasteiger partial charge in [0.2, 0.25) is 23.6 Å². The molecule has 14 heteroatoms. The van der Waals surface area contributed by atoms with Gasteiger partial charge in [-0.25, -0.2) is 0 Å². The number of ether oxygens (including phenoxy) is 4. The number of carbonyl (C=O) groups excluding carboxylic acids is 6. The number of rotatable bonds is 26. The predicted octanol–water partition coefficient (Wildman–Crippen LogP) is -0.523. The summed E-state index contributed by atoms with van der Waals surface area (Å²) in [6.07, 6.45) is 0.827. The lowest BCUT2D eigenvalue weighted by molar-refractivity contribution is -0.129. The summed E-state index contributed by atoms with van der Waals surface area (Å²) < 4.78 is 21.4. The van der Waals surface area contributed by atoms with E-state index in [0.717, 1.165) is 5.56 Å². The Morgan fingerprint density at radius 1 is 0.591 bits per heavy atom. The third-order valence-electron chi connectivity index (χ3n) is 5.86. The third-order valence-corrected chi connectivity index (χ3v) is 5.86. The fraction of sp³-hybridized carbons (Fsp3) is 0.600. The van der Waals surface area contributed by atoms with Crippen molar-refractivity contribution in [2.45, 2.75) is 45.6 Å². The van der Waals surface area contributed by atoms with Crippen LogP contribution in [0.4, 0.5) is 0 Å². The van der Waals surface area contributed by atoms with Crippen LogP contribution < -0.4 is 21.3 Å². The molecular weight excluding hydrogens is 576 g/mol. The monoisotopic (exact) mass is 622 g/mol. The van der Waals surface area contributed by atoms with Crippen molar-refractivity contribution in [1.29, 1.82) is 0 Å². The van der Waals surface area contributed by atoms with Gasteiger partial charge >= 0.3 is 0 Å². The van der Waals surface area contributed by atoms with Crippen molar-refractivity contribution in [3.63, 3.8) is 0 Å². The lowest BCUT2D eigenvalue weighted by atomic mass is 10.0. The van der Waals surface area contributed by atoms with Gasteiger partial charge in [-0.3, -0.25) is 24.0 Å². The molecule has 0 saturated heterocycles. The van der Waals surface area contributed by atoms with Crippen LogP contribution in [0.1, 0.15) is 38.7 Å². The smallest absolute Gasteiger partial charge is 0.239 e. The fourth-order valence-corrected chi connectivity index (χ4v) is 3.47. The van der Waals surface area contributed by atoms with Crippen LogP contribution in [-0.2, 0) is 54.1 Å². The number of benzene rings is 1. The van der Waals surface area contributed by atoms with Gasteiger partial charge in [-0.05, 0) is 25.8 Å². The first-order valence-corrected chi connectivity index (χ1v) is 14.6. The van der Waals surface area contributed by atoms with Crippen molar-refractivity contribution < 1.29 is 47.7 Å². The molecule has 0 saturated carbocycles. The van der Waals surface area contributed by atoms with Crippen LogP contribution in [0.5, 0.6) is 0 Å². The van der Waals surface area contributed by atoms with E-state index in [-0.39, 0.29) is 68.9 Å². The molecule has 0 spiro atoms. The van der Waals surface area contributed by atoms with Gasteiger partial charge in [0, 0.05) is 25.8 Å². The van der Waals surface area contributed by atoms with Gasteiger partial charge in [-0.2, -0.15) is 0 Å². The van der Waals surface area contributed by atoms with Crippen molar-refractivity contribution in [2.75, 3.05) is 72.5 Å². The molecular formula is C30H46N4O10. The summed E-state index contributed by atoms with van der Waals surface area (Å²) in [7, 11) is 0. The zero-order chi connectivity index (χ0) is 32.4. The molecule has 0 radical (unpaired) electrons. The van der Waals surface area contributed by atoms with E-state index in [0.29, 0.717) is 52.6 Å². The quantitative estimate of drug-likeness (QED) is 0.0979. The molecule has 246 valence electrons. The minimum absolute atomic E-state index is 0.0196. The Kier molecular flexibility index (Phi) is 21.5. The van der Waals surface area contributed by atoms with Crippen LogP contribution in [0.15, 0.2) is 30.3 Å². The summed E-state index contributed by atoms with van der Waals surface area (Å²) >= 11 is 0. The van der Waals surface area contributed by atoms with Crippen LogP contribution >= 0.6 is 0 Å². The molecule has 0 aliphatic carbocycles. The number of amides is 4. The number of nitrogens with one attached hydrogen (secondary N) is 4. The minimum Gasteiger partial charge on any atom is -0.379 e. The van der Waals surface area contributed by atoms with Crippen molar-refractivity contribution in [3.8, 4) is 0 Å². The highest BCUT2D eigenvalue weighted by Crippen LogP contribution is 2.04. The van der Waals surface area contributed by atoms with E-state index >= 15 is 0 Å². The average Bonchev–Trinajstić information content (AvgIpc) is 2.99. The lowest BCUT2D eigenvalue weighted by Crippen LogP contribution is -2.47. The number of carbonyl (C=O) groups is 6. The molecule has 1 aromatic carbocycles. The van der Waals surface area contributed by atoms with E-state index in [2.05, 4.69) is 21.3 Å². The minimum atomic E-state index is -0.698. The van der Waals surface area contributed by atoms with Crippen LogP contribution in [0.3, 0.4) is 0 Å². The van der Waals surface area contributed by atoms with Crippen LogP contribution in [0.25, 0.3) is 0 Å². The van der Waals surface area contributed by atoms with Gasteiger partial charge in [-0.1, -0.05) is 30.3 Å². The van der Waals surface area contributed by atoms with E-state index in [4.69, 9.17) is 18.9 Å². The molecule has 0 aromatic heterocycles. The standard InChI is InChI=1S/C30H46N4O10/c1-23(35)8-9-27(37)31-11-13-42-15-17-44-19-18-43-16-14-41-12-10-28(38)32-21-29(39)33-22-30(40)34-26(24(2)36)20-25-6-4-3-5-7-25/h3-7,26H,8-22H2,1-2H3,(H,31,37)(H,32,38)(H,33,39)(H,34,40)/t26-/m0/s1. The Bertz CT molecular complexity index is 1020. The van der Waals surface area contributed by atoms with Gasteiger partial charge in [0.05, 0.1) is 72.0 Å². The van der Waals surface area contributed by atoms with Crippen LogP contribution in [0, 0.1) is 0 Å². The van der Waals surface area contributed by atoms with Crippen LogP contribution in [-0.4, -0.2) is 114 Å². The van der Waals surface area contributed by atoms with E-state index in [9.17, 15) is 28.8 Å². The van der Waals surface area contributed by atoms with E-state index in [1.807, 2.05) is 30.3 Å². The van der Waals surface area contributed by atoms with Gasteiger partial charge < -0.3 is 45.0 Å². The molecule has 4 amide bonds. The highest BCUT2D eigenvalue weighted by molar-refractivity contribution is 5.91. The Morgan fingerprint density at radius 3 is 1.70 bits per heavy atom. The average molecular weight is 623 g/mol. The van der Waals surface area contributed by atoms with E-state index in [1.165, 1.54) is 13.8 Å². The maximum atomic E-state index is 12.2. The summed E-state index contributed by atoms with van der Waals surface area (Å²) in [6, 6.07) is 8.58. The summed E-state index contributed by atoms with van der Waals surface area (Å²) in [5.41, 5.74) is 0.904. The Labute approximate surface area is 258 Å². The van der Waals surface area contributed by atoms with E-state index in [1.54, 1.807) is 0 Å². The Morgan fingerprint density at radius 2 is 1.11 bits per heavy atom. The highest BCUT2D eigenvalue weighted by Gasteiger charge is 2.18. The highest BCUT2D eigenvalue weighted by atomic mass is 16.6. The second kappa shape index (κ2) is 24.7. The number of hydrogen-bond donors (Lipinski definition) is 4. The predicted molar refractivity (Wildman–Crippen MR) is 160 cm³/mol. The molecule has 0 aliphatic heterocycles. The molecule has 14 nitrogen and oxygen atoms in total. The SMILES string of the molecule is CC(=O)CCC(=O)NCCOCCOCCOCCOCCC(=O)NCC(=O)NCC(=O)N[C@@H](Cc1ccccc1)C(C)=O. The maximum Gasteiger partial charge on any atom is 0.239 e. The summed E-state index contributed by atoms with van der Waals surface area (Å²) in [4.78, 5) is 70.2. The first kappa shape index (κ1) is 38.3. The second-order valence-corrected chi connectivity index (χ2v) is 9.73. The summed E-state index contributed by atoms with van der Waals surface area (Å²) in [6.45, 7) is 5.22. The van der Waals surface area contributed by atoms with Crippen LogP contribution in [0.2, 0.25) is 0 Å². The first-order chi connectivity index (χ1) is 21.2. The zero-order valence-corrected chi connectivity index (χ0v) is 25.7. The number of Topliss-reactive ketones (excluding diaryl/α,β-unsaturated/α-hetero) is 2. The number of ketones is 2. The molecule has 4 N–H and O–H groups in total. The molecule has 1 rings (SSSR count). The maximum absolute atomic E-state index is 12.2. The molecule has 44 heavy (non-hydrogen) atoms. The van der Waals surface area contributed by atoms with Crippen molar-refractivity contribution in [2.24, 2.45) is 0 Å². The Hall–Kier alpha value is -3.72. The molecule has 0 fully saturated rings. The summed E-state index contributed by atoms with van der Waals surface area (Å²) in [5, 5.41) is 10.1. The summed E-state index contributed by atoms with van der Waals surface area (Å²) in [5.74, 6) is -1.81. The molecule has 0 heterocycles. The fourth-order valence-electron chi connectivity index (χ4n) is 3.47. The van der Waals surface area contributed by atoms with Gasteiger partial charge in [-0.15, -0.1) is 0 Å². The van der Waals surface area contributed by atoms with Crippen molar-refractivity contribution in [1.82, 2.24) is 21.3 Å². The molecule has 1 aromatic rings. The van der Waals surface area contributed by atoms with Crippen molar-refractivity contribution >= 4 is 35.2 Å².